The number of rotatable bonds is 15. The van der Waals surface area contributed by atoms with Crippen molar-refractivity contribution in [3.63, 3.8) is 0 Å². The van der Waals surface area contributed by atoms with Crippen molar-refractivity contribution in [2.24, 2.45) is 5.73 Å². The van der Waals surface area contributed by atoms with Crippen LogP contribution in [0.1, 0.15) is 19.3 Å². The van der Waals surface area contributed by atoms with E-state index in [0.29, 0.717) is 0 Å². The minimum absolute atomic E-state index is 0.0825. The van der Waals surface area contributed by atoms with Crippen LogP contribution in [-0.4, -0.2) is 94.4 Å². The van der Waals surface area contributed by atoms with Gasteiger partial charge in [0.25, 0.3) is 5.78 Å². The quantitative estimate of drug-likeness (QED) is 0.0618. The molecule has 0 heterocycles. The Balaban J connectivity index is 5.45. The highest BCUT2D eigenvalue weighted by Gasteiger charge is 2.33. The number of aliphatic carboxylic acids is 2. The molecule has 0 aliphatic heterocycles. The number of ether oxygens (including phenoxy) is 1. The van der Waals surface area contributed by atoms with Crippen molar-refractivity contribution in [2.75, 3.05) is 18.6 Å². The van der Waals surface area contributed by atoms with Crippen LogP contribution in [0, 0.1) is 0 Å². The van der Waals surface area contributed by atoms with Crippen LogP contribution in [0.2, 0.25) is 0 Å². The van der Waals surface area contributed by atoms with E-state index < -0.39 is 84.8 Å². The molecule has 0 aliphatic carbocycles. The monoisotopic (exact) mass is 510 g/mol. The lowest BCUT2D eigenvalue weighted by atomic mass is 10.1. The third-order valence-corrected chi connectivity index (χ3v) is 4.79. The first kappa shape index (κ1) is 30.1. The number of carboxylic acid groups (broad SMARTS) is 2. The van der Waals surface area contributed by atoms with Gasteiger partial charge in [-0.3, -0.25) is 28.8 Å². The van der Waals surface area contributed by atoms with Gasteiger partial charge in [0.15, 0.2) is 0 Å². The fraction of sp³-hybridized carbons (Fsp3) is 0.588. The lowest BCUT2D eigenvalue weighted by molar-refractivity contribution is -0.153. The maximum atomic E-state index is 12.5. The number of nitrogens with two attached hydrogens (primary N) is 1. The smallest absolute Gasteiger partial charge is 0.376 e. The number of amides is 3. The summed E-state index contributed by atoms with van der Waals surface area (Å²) in [6, 6.07) is -5.73. The summed E-state index contributed by atoms with van der Waals surface area (Å²) in [6.45, 7) is 0. The topological polar surface area (TPSA) is 231 Å². The Kier molecular flexibility index (Phi) is 13.8. The first-order chi connectivity index (χ1) is 15.4. The van der Waals surface area contributed by atoms with Crippen LogP contribution in [0.15, 0.2) is 0 Å². The summed E-state index contributed by atoms with van der Waals surface area (Å²) in [5, 5.41) is 24.3. The Morgan fingerprint density at radius 3 is 1.79 bits per heavy atom. The fourth-order valence-corrected chi connectivity index (χ4v) is 2.69. The number of ketones is 1. The van der Waals surface area contributed by atoms with Crippen molar-refractivity contribution in [1.29, 1.82) is 0 Å². The van der Waals surface area contributed by atoms with Gasteiger partial charge in [0, 0.05) is 17.9 Å². The third kappa shape index (κ3) is 11.0. The number of carbonyl (C=O) groups is 7. The molecule has 14 nitrogen and oxygen atoms in total. The normalized spacial score (nSPS) is 14.1. The third-order valence-electron chi connectivity index (χ3n) is 4.03. The molecule has 0 rings (SSSR count). The summed E-state index contributed by atoms with van der Waals surface area (Å²) in [5.41, 5.74) is 5.48. The zero-order chi connectivity index (χ0) is 25.7. The maximum absolute atomic E-state index is 12.5. The van der Waals surface area contributed by atoms with Crippen LogP contribution < -0.4 is 21.7 Å². The van der Waals surface area contributed by atoms with Crippen LogP contribution in [0.25, 0.3) is 0 Å². The van der Waals surface area contributed by atoms with Crippen molar-refractivity contribution < 1.29 is 48.5 Å². The zero-order valence-corrected chi connectivity index (χ0v) is 19.3. The summed E-state index contributed by atoms with van der Waals surface area (Å²) in [5.74, 6) is -8.60. The Morgan fingerprint density at radius 2 is 1.33 bits per heavy atom. The molecule has 0 saturated carbocycles. The zero-order valence-electron chi connectivity index (χ0n) is 17.5. The highest BCUT2D eigenvalue weighted by molar-refractivity contribution is 7.80. The molecule has 186 valence electrons. The molecule has 2 unspecified atom stereocenters. The van der Waals surface area contributed by atoms with Gasteiger partial charge in [-0.25, -0.2) is 4.79 Å². The highest BCUT2D eigenvalue weighted by Crippen LogP contribution is 2.04. The number of esters is 1. The van der Waals surface area contributed by atoms with Crippen molar-refractivity contribution >= 4 is 66.7 Å². The number of carbonyl (C=O) groups excluding carboxylic acids is 5. The predicted octanol–water partition coefficient (Wildman–Crippen LogP) is -3.29. The Labute approximate surface area is 199 Å². The molecule has 16 heteroatoms. The van der Waals surface area contributed by atoms with Crippen LogP contribution in [0.5, 0.6) is 0 Å². The first-order valence-electron chi connectivity index (χ1n) is 9.32. The van der Waals surface area contributed by atoms with E-state index >= 15 is 0 Å². The lowest BCUT2D eigenvalue weighted by Gasteiger charge is -2.24. The van der Waals surface area contributed by atoms with E-state index in [0.717, 1.165) is 7.11 Å². The minimum Gasteiger partial charge on any atom is -0.481 e. The second-order valence-corrected chi connectivity index (χ2v) is 7.27. The van der Waals surface area contributed by atoms with Crippen molar-refractivity contribution in [3.8, 4) is 0 Å². The number of hydrogen-bond donors (Lipinski definition) is 8. The standard InChI is InChI=1S/C17H26N4O10S2/c1-31-17(30)13(26)8(2-3-11(22)23)19-16(29)10(6-33)21-15(28)9(4-12(24)25)20-14(27)7(18)5-32/h7-10,32-33H,2-6,18H2,1H3,(H,19,29)(H,20,27)(H,21,28)(H,22,23)(H,24,25)/t7-,8-,9?,10?/m0/s1. The van der Waals surface area contributed by atoms with Gasteiger partial charge in [-0.15, -0.1) is 0 Å². The van der Waals surface area contributed by atoms with Gasteiger partial charge in [0.1, 0.15) is 12.1 Å². The van der Waals surface area contributed by atoms with E-state index in [1.165, 1.54) is 0 Å². The first-order valence-corrected chi connectivity index (χ1v) is 10.6. The van der Waals surface area contributed by atoms with Crippen LogP contribution >= 0.6 is 25.3 Å². The molecular weight excluding hydrogens is 484 g/mol. The number of Topliss-reactive ketones (excluding diaryl/α,β-unsaturated/α-hetero) is 1. The van der Waals surface area contributed by atoms with Gasteiger partial charge in [0.2, 0.25) is 17.7 Å². The molecule has 3 amide bonds. The summed E-state index contributed by atoms with van der Waals surface area (Å²) < 4.78 is 4.28. The highest BCUT2D eigenvalue weighted by atomic mass is 32.1. The Bertz CT molecular complexity index is 779. The maximum Gasteiger partial charge on any atom is 0.376 e. The molecule has 0 aromatic heterocycles. The van der Waals surface area contributed by atoms with E-state index in [1.807, 2.05) is 0 Å². The van der Waals surface area contributed by atoms with Crippen molar-refractivity contribution in [3.05, 3.63) is 0 Å². The minimum atomic E-state index is -1.60. The SMILES string of the molecule is COC(=O)C(=O)[C@H](CCC(=O)O)NC(=O)C(CS)NC(=O)C(CC(=O)O)NC(=O)[C@@H](N)CS. The molecule has 33 heavy (non-hydrogen) atoms. The Morgan fingerprint density at radius 1 is 0.818 bits per heavy atom. The molecule has 0 aliphatic rings. The van der Waals surface area contributed by atoms with Gasteiger partial charge in [-0.1, -0.05) is 0 Å². The molecule has 0 spiro atoms. The van der Waals surface area contributed by atoms with Gasteiger partial charge in [-0.2, -0.15) is 25.3 Å². The van der Waals surface area contributed by atoms with E-state index in [1.54, 1.807) is 0 Å². The molecular formula is C17H26N4O10S2. The number of methoxy groups -OCH3 is 1. The average Bonchev–Trinajstić information content (AvgIpc) is 2.76. The molecule has 0 saturated heterocycles. The van der Waals surface area contributed by atoms with E-state index in [-0.39, 0.29) is 11.5 Å². The van der Waals surface area contributed by atoms with Crippen molar-refractivity contribution in [1.82, 2.24) is 16.0 Å². The van der Waals surface area contributed by atoms with Crippen LogP contribution in [0.3, 0.4) is 0 Å². The average molecular weight is 511 g/mol. The van der Waals surface area contributed by atoms with E-state index in [4.69, 9.17) is 15.9 Å². The lowest BCUT2D eigenvalue weighted by Crippen LogP contribution is -2.58. The fourth-order valence-electron chi connectivity index (χ4n) is 2.26. The van der Waals surface area contributed by atoms with Crippen LogP contribution in [-0.2, 0) is 38.3 Å². The number of nitrogens with one attached hydrogen (secondary N) is 3. The predicted molar refractivity (Wildman–Crippen MR) is 118 cm³/mol. The summed E-state index contributed by atoms with van der Waals surface area (Å²) in [6.07, 6.45) is -1.84. The summed E-state index contributed by atoms with van der Waals surface area (Å²) in [4.78, 5) is 82.4. The number of hydrogen-bond acceptors (Lipinski definition) is 11. The van der Waals surface area contributed by atoms with Crippen molar-refractivity contribution in [2.45, 2.75) is 43.4 Å². The number of thiol groups is 2. The molecule has 0 bridgehead atoms. The second kappa shape index (κ2) is 15.1. The van der Waals surface area contributed by atoms with E-state index in [2.05, 4.69) is 45.9 Å². The van der Waals surface area contributed by atoms with Gasteiger partial charge in [-0.05, 0) is 6.42 Å². The molecule has 4 atom stereocenters. The molecule has 0 radical (unpaired) electrons. The summed E-state index contributed by atoms with van der Waals surface area (Å²) in [7, 11) is 0.920. The molecule has 7 N–H and O–H groups in total. The summed E-state index contributed by atoms with van der Waals surface area (Å²) >= 11 is 7.76. The van der Waals surface area contributed by atoms with Gasteiger partial charge >= 0.3 is 17.9 Å². The Hall–Kier alpha value is -2.85. The second-order valence-electron chi connectivity index (χ2n) is 6.54. The van der Waals surface area contributed by atoms with E-state index in [9.17, 15) is 33.6 Å². The van der Waals surface area contributed by atoms with Gasteiger partial charge < -0.3 is 36.6 Å². The van der Waals surface area contributed by atoms with Crippen LogP contribution in [0.4, 0.5) is 0 Å². The number of carboxylic acids is 2. The molecule has 0 fully saturated rings. The largest absolute Gasteiger partial charge is 0.481 e. The van der Waals surface area contributed by atoms with Gasteiger partial charge in [0.05, 0.1) is 25.6 Å². The molecule has 0 aromatic carbocycles. The molecule has 0 aromatic rings.